The van der Waals surface area contributed by atoms with Crippen LogP contribution in [-0.4, -0.2) is 13.1 Å². The quantitative estimate of drug-likeness (QED) is 0.790. The Hall–Kier alpha value is -0.380. The lowest BCUT2D eigenvalue weighted by atomic mass is 9.86. The zero-order chi connectivity index (χ0) is 11.0. The normalized spacial score (nSPS) is 29.1. The van der Waals surface area contributed by atoms with E-state index < -0.39 is 0 Å². The highest BCUT2D eigenvalue weighted by molar-refractivity contribution is 9.10. The molecule has 2 heterocycles. The van der Waals surface area contributed by atoms with E-state index in [1.54, 1.807) is 0 Å². The van der Waals surface area contributed by atoms with Crippen LogP contribution in [0, 0.1) is 0 Å². The third kappa shape index (κ3) is 1.71. The number of nitrogens with one attached hydrogen (secondary N) is 1. The second kappa shape index (κ2) is 4.13. The minimum atomic E-state index is -0.000463. The van der Waals surface area contributed by atoms with Gasteiger partial charge >= 0.3 is 0 Å². The minimum absolute atomic E-state index is 0.000463. The number of hydrogen-bond donors (Lipinski definition) is 1. The Balaban J connectivity index is 2.00. The molecule has 0 amide bonds. The zero-order valence-corrected chi connectivity index (χ0v) is 10.8. The molecule has 2 aliphatic heterocycles. The molecule has 1 atom stereocenters. The van der Waals surface area contributed by atoms with Crippen molar-refractivity contribution >= 4 is 15.9 Å². The van der Waals surface area contributed by atoms with Crippen LogP contribution in [0.2, 0.25) is 0 Å². The number of hydrogen-bond acceptors (Lipinski definition) is 2. The summed E-state index contributed by atoms with van der Waals surface area (Å²) in [6.07, 6.45) is 3.45. The molecule has 1 unspecified atom stereocenters. The molecule has 0 saturated carbocycles. The van der Waals surface area contributed by atoms with Crippen LogP contribution in [0.25, 0.3) is 0 Å². The summed E-state index contributed by atoms with van der Waals surface area (Å²) in [5.74, 6) is 0. The van der Waals surface area contributed by atoms with Gasteiger partial charge in [-0.3, -0.25) is 0 Å². The lowest BCUT2D eigenvalue weighted by Gasteiger charge is -2.27. The first-order chi connectivity index (χ1) is 7.80. The molecule has 86 valence electrons. The number of ether oxygens (including phenoxy) is 1. The first-order valence-corrected chi connectivity index (χ1v) is 6.73. The highest BCUT2D eigenvalue weighted by Crippen LogP contribution is 2.43. The molecule has 3 rings (SSSR count). The maximum atomic E-state index is 6.13. The SMILES string of the molecule is Brc1ccc2c(c1)COC21CCCNCC1. The van der Waals surface area contributed by atoms with Gasteiger partial charge in [-0.25, -0.2) is 0 Å². The van der Waals surface area contributed by atoms with Gasteiger partial charge in [-0.15, -0.1) is 0 Å². The third-order valence-electron chi connectivity index (χ3n) is 3.70. The molecule has 1 aromatic carbocycles. The Bertz CT molecular complexity index is 397. The number of halogens is 1. The van der Waals surface area contributed by atoms with Crippen LogP contribution < -0.4 is 5.32 Å². The van der Waals surface area contributed by atoms with E-state index in [9.17, 15) is 0 Å². The lowest BCUT2D eigenvalue weighted by Crippen LogP contribution is -2.26. The van der Waals surface area contributed by atoms with Gasteiger partial charge in [-0.05, 0) is 55.6 Å². The maximum Gasteiger partial charge on any atom is 0.0951 e. The monoisotopic (exact) mass is 281 g/mol. The van der Waals surface area contributed by atoms with Gasteiger partial charge in [0.25, 0.3) is 0 Å². The molecule has 1 saturated heterocycles. The summed E-state index contributed by atoms with van der Waals surface area (Å²) in [4.78, 5) is 0. The Morgan fingerprint density at radius 3 is 3.12 bits per heavy atom. The molecule has 2 nitrogen and oxygen atoms in total. The van der Waals surface area contributed by atoms with Crippen LogP contribution in [0.3, 0.4) is 0 Å². The highest BCUT2D eigenvalue weighted by atomic mass is 79.9. The first-order valence-electron chi connectivity index (χ1n) is 5.94. The fraction of sp³-hybridized carbons (Fsp3) is 0.538. The van der Waals surface area contributed by atoms with Crippen molar-refractivity contribution in [2.45, 2.75) is 31.5 Å². The first kappa shape index (κ1) is 10.8. The largest absolute Gasteiger partial charge is 0.366 e. The maximum absolute atomic E-state index is 6.13. The average Bonchev–Trinajstić information content (AvgIpc) is 2.48. The van der Waals surface area contributed by atoms with Gasteiger partial charge in [-0.1, -0.05) is 22.0 Å². The molecule has 0 aromatic heterocycles. The van der Waals surface area contributed by atoms with Crippen LogP contribution in [0.5, 0.6) is 0 Å². The van der Waals surface area contributed by atoms with Crippen LogP contribution in [0.4, 0.5) is 0 Å². The van der Waals surface area contributed by atoms with Crippen molar-refractivity contribution in [3.05, 3.63) is 33.8 Å². The Labute approximate surface area is 105 Å². The van der Waals surface area contributed by atoms with Gasteiger partial charge in [-0.2, -0.15) is 0 Å². The van der Waals surface area contributed by atoms with Crippen molar-refractivity contribution in [3.8, 4) is 0 Å². The van der Waals surface area contributed by atoms with E-state index in [0.29, 0.717) is 0 Å². The molecule has 2 aliphatic rings. The number of fused-ring (bicyclic) bond motifs is 2. The summed E-state index contributed by atoms with van der Waals surface area (Å²) < 4.78 is 7.28. The molecule has 0 radical (unpaired) electrons. The van der Waals surface area contributed by atoms with Gasteiger partial charge < -0.3 is 10.1 Å². The molecular formula is C13H16BrNO. The van der Waals surface area contributed by atoms with E-state index in [1.165, 1.54) is 17.5 Å². The van der Waals surface area contributed by atoms with Gasteiger partial charge in [0, 0.05) is 4.47 Å². The molecule has 0 bridgehead atoms. The fourth-order valence-corrected chi connectivity index (χ4v) is 3.28. The predicted octanol–water partition coefficient (Wildman–Crippen LogP) is 2.95. The molecule has 0 aliphatic carbocycles. The number of benzene rings is 1. The van der Waals surface area contributed by atoms with Crippen molar-refractivity contribution in [1.29, 1.82) is 0 Å². The highest BCUT2D eigenvalue weighted by Gasteiger charge is 2.39. The molecule has 1 N–H and O–H groups in total. The summed E-state index contributed by atoms with van der Waals surface area (Å²) in [5.41, 5.74) is 2.77. The van der Waals surface area contributed by atoms with Crippen molar-refractivity contribution in [1.82, 2.24) is 5.32 Å². The predicted molar refractivity (Wildman–Crippen MR) is 67.3 cm³/mol. The van der Waals surface area contributed by atoms with Crippen LogP contribution in [-0.2, 0) is 16.9 Å². The molecule has 1 aromatic rings. The van der Waals surface area contributed by atoms with E-state index in [4.69, 9.17) is 4.74 Å². The van der Waals surface area contributed by atoms with Gasteiger partial charge in [0.2, 0.25) is 0 Å². The molecular weight excluding hydrogens is 266 g/mol. The van der Waals surface area contributed by atoms with Crippen LogP contribution in [0.15, 0.2) is 22.7 Å². The van der Waals surface area contributed by atoms with Crippen LogP contribution >= 0.6 is 15.9 Å². The third-order valence-corrected chi connectivity index (χ3v) is 4.20. The van der Waals surface area contributed by atoms with E-state index in [1.807, 2.05) is 0 Å². The zero-order valence-electron chi connectivity index (χ0n) is 9.26. The molecule has 1 fully saturated rings. The van der Waals surface area contributed by atoms with Gasteiger partial charge in [0.15, 0.2) is 0 Å². The van der Waals surface area contributed by atoms with Crippen molar-refractivity contribution < 1.29 is 4.74 Å². The second-order valence-corrected chi connectivity index (χ2v) is 5.60. The van der Waals surface area contributed by atoms with Crippen molar-refractivity contribution in [2.75, 3.05) is 13.1 Å². The Morgan fingerprint density at radius 2 is 2.19 bits per heavy atom. The summed E-state index contributed by atoms with van der Waals surface area (Å²) in [5, 5.41) is 3.45. The molecule has 1 spiro atoms. The summed E-state index contributed by atoms with van der Waals surface area (Å²) in [7, 11) is 0. The molecule has 3 heteroatoms. The Kier molecular flexibility index (Phi) is 2.78. The molecule has 16 heavy (non-hydrogen) atoms. The van der Waals surface area contributed by atoms with E-state index >= 15 is 0 Å². The van der Waals surface area contributed by atoms with Crippen molar-refractivity contribution in [3.63, 3.8) is 0 Å². The topological polar surface area (TPSA) is 21.3 Å². The summed E-state index contributed by atoms with van der Waals surface area (Å²) in [6, 6.07) is 6.56. The smallest absolute Gasteiger partial charge is 0.0951 e. The standard InChI is InChI=1S/C13H16BrNO/c14-11-2-3-12-10(8-11)9-16-13(12)4-1-6-15-7-5-13/h2-3,8,15H,1,4-7,9H2. The van der Waals surface area contributed by atoms with Crippen molar-refractivity contribution in [2.24, 2.45) is 0 Å². The van der Waals surface area contributed by atoms with E-state index in [0.717, 1.165) is 37.0 Å². The van der Waals surface area contributed by atoms with E-state index in [2.05, 4.69) is 39.4 Å². The van der Waals surface area contributed by atoms with E-state index in [-0.39, 0.29) is 5.60 Å². The van der Waals surface area contributed by atoms with Gasteiger partial charge in [0.1, 0.15) is 0 Å². The minimum Gasteiger partial charge on any atom is -0.366 e. The lowest BCUT2D eigenvalue weighted by molar-refractivity contribution is -0.0469. The number of rotatable bonds is 0. The summed E-state index contributed by atoms with van der Waals surface area (Å²) in [6.45, 7) is 2.96. The van der Waals surface area contributed by atoms with Crippen LogP contribution in [0.1, 0.15) is 30.4 Å². The average molecular weight is 282 g/mol. The van der Waals surface area contributed by atoms with Gasteiger partial charge in [0.05, 0.1) is 12.2 Å². The fourth-order valence-electron chi connectivity index (χ4n) is 2.87. The second-order valence-electron chi connectivity index (χ2n) is 4.69. The summed E-state index contributed by atoms with van der Waals surface area (Å²) >= 11 is 3.52. The Morgan fingerprint density at radius 1 is 1.25 bits per heavy atom.